The van der Waals surface area contributed by atoms with Gasteiger partial charge >= 0.3 is 0 Å². The van der Waals surface area contributed by atoms with Crippen molar-refractivity contribution < 1.29 is 13.2 Å². The zero-order chi connectivity index (χ0) is 17.0. The average Bonchev–Trinajstić information content (AvgIpc) is 2.95. The fourth-order valence-corrected chi connectivity index (χ4v) is 4.28. The molecule has 1 fully saturated rings. The van der Waals surface area contributed by atoms with Crippen LogP contribution in [0.25, 0.3) is 0 Å². The van der Waals surface area contributed by atoms with Crippen molar-refractivity contribution in [1.29, 1.82) is 0 Å². The van der Waals surface area contributed by atoms with E-state index in [0.717, 1.165) is 42.5 Å². The zero-order valence-corrected chi connectivity index (χ0v) is 14.9. The van der Waals surface area contributed by atoms with Crippen molar-refractivity contribution in [1.82, 2.24) is 4.31 Å². The van der Waals surface area contributed by atoms with Gasteiger partial charge in [0, 0.05) is 24.7 Å². The molecule has 0 unspecified atom stereocenters. The molecule has 1 aromatic rings. The molecule has 0 spiro atoms. The molecule has 6 heteroatoms. The number of hydrogen-bond donors (Lipinski definition) is 1. The Morgan fingerprint density at radius 3 is 2.52 bits per heavy atom. The van der Waals surface area contributed by atoms with E-state index in [1.54, 1.807) is 0 Å². The molecule has 128 valence electrons. The molecular weight excluding hydrogens is 312 g/mol. The van der Waals surface area contributed by atoms with Gasteiger partial charge in [-0.3, -0.25) is 4.79 Å². The number of carbonyl (C=O) groups excluding carboxylic acids is 1. The summed E-state index contributed by atoms with van der Waals surface area (Å²) in [5.74, 6) is -0.148. The second kappa shape index (κ2) is 7.45. The van der Waals surface area contributed by atoms with Crippen LogP contribution in [-0.2, 0) is 14.8 Å². The van der Waals surface area contributed by atoms with Crippen LogP contribution in [0, 0.1) is 13.8 Å². The van der Waals surface area contributed by atoms with Gasteiger partial charge in [-0.25, -0.2) is 8.42 Å². The van der Waals surface area contributed by atoms with Gasteiger partial charge in [0.25, 0.3) is 0 Å². The summed E-state index contributed by atoms with van der Waals surface area (Å²) in [6.07, 6.45) is 5.32. The highest BCUT2D eigenvalue weighted by Crippen LogP contribution is 2.25. The highest BCUT2D eigenvalue weighted by molar-refractivity contribution is 7.88. The molecule has 0 bridgehead atoms. The Kier molecular flexibility index (Phi) is 5.81. The molecule has 1 saturated carbocycles. The number of aryl methyl sites for hydroxylation is 2. The van der Waals surface area contributed by atoms with Crippen molar-refractivity contribution in [3.8, 4) is 0 Å². The molecule has 0 atom stereocenters. The first-order valence-corrected chi connectivity index (χ1v) is 9.96. The van der Waals surface area contributed by atoms with Crippen molar-refractivity contribution in [3.05, 3.63) is 29.3 Å². The summed E-state index contributed by atoms with van der Waals surface area (Å²) in [7, 11) is -3.28. The monoisotopic (exact) mass is 338 g/mol. The first kappa shape index (κ1) is 17.9. The summed E-state index contributed by atoms with van der Waals surface area (Å²) in [5.41, 5.74) is 2.87. The number of carbonyl (C=O) groups is 1. The van der Waals surface area contributed by atoms with E-state index in [4.69, 9.17) is 0 Å². The Morgan fingerprint density at radius 1 is 1.26 bits per heavy atom. The SMILES string of the molecule is Cc1ccc(C)c(NC(=O)CCN(C2CCCC2)S(C)(=O)=O)c1. The van der Waals surface area contributed by atoms with E-state index in [1.807, 2.05) is 32.0 Å². The van der Waals surface area contributed by atoms with Crippen LogP contribution in [0.3, 0.4) is 0 Å². The predicted molar refractivity (Wildman–Crippen MR) is 93.0 cm³/mol. The summed E-state index contributed by atoms with van der Waals surface area (Å²) in [4.78, 5) is 12.2. The number of nitrogens with zero attached hydrogens (tertiary/aromatic N) is 1. The lowest BCUT2D eigenvalue weighted by molar-refractivity contribution is -0.116. The highest BCUT2D eigenvalue weighted by atomic mass is 32.2. The topological polar surface area (TPSA) is 66.5 Å². The summed E-state index contributed by atoms with van der Waals surface area (Å²) in [6, 6.07) is 5.94. The van der Waals surface area contributed by atoms with Crippen LogP contribution >= 0.6 is 0 Å². The first-order valence-electron chi connectivity index (χ1n) is 8.11. The van der Waals surface area contributed by atoms with Crippen molar-refractivity contribution in [2.24, 2.45) is 0 Å². The van der Waals surface area contributed by atoms with Crippen molar-refractivity contribution in [2.75, 3.05) is 18.1 Å². The number of anilines is 1. The van der Waals surface area contributed by atoms with Gasteiger partial charge in [-0.05, 0) is 43.9 Å². The molecule has 1 N–H and O–H groups in total. The van der Waals surface area contributed by atoms with E-state index in [9.17, 15) is 13.2 Å². The molecule has 1 aliphatic carbocycles. The number of hydrogen-bond acceptors (Lipinski definition) is 3. The molecule has 2 rings (SSSR count). The van der Waals surface area contributed by atoms with Gasteiger partial charge in [0.05, 0.1) is 6.26 Å². The lowest BCUT2D eigenvalue weighted by Crippen LogP contribution is -2.39. The van der Waals surface area contributed by atoms with Crippen LogP contribution in [0.4, 0.5) is 5.69 Å². The minimum Gasteiger partial charge on any atom is -0.326 e. The summed E-state index contributed by atoms with van der Waals surface area (Å²) in [6.45, 7) is 4.16. The van der Waals surface area contributed by atoms with Gasteiger partial charge in [0.15, 0.2) is 0 Å². The van der Waals surface area contributed by atoms with E-state index in [2.05, 4.69) is 5.32 Å². The Bertz CT molecular complexity index is 664. The molecule has 0 aliphatic heterocycles. The number of benzene rings is 1. The van der Waals surface area contributed by atoms with Crippen LogP contribution in [0.2, 0.25) is 0 Å². The molecule has 0 saturated heterocycles. The fourth-order valence-electron chi connectivity index (χ4n) is 3.11. The van der Waals surface area contributed by atoms with Crippen LogP contribution in [0.1, 0.15) is 43.2 Å². The molecular formula is C17H26N2O3S. The Morgan fingerprint density at radius 2 is 1.91 bits per heavy atom. The van der Waals surface area contributed by atoms with E-state index in [-0.39, 0.29) is 24.9 Å². The number of rotatable bonds is 6. The summed E-state index contributed by atoms with van der Waals surface area (Å²) < 4.78 is 25.5. The normalized spacial score (nSPS) is 16.0. The van der Waals surface area contributed by atoms with Gasteiger partial charge in [-0.15, -0.1) is 0 Å². The molecule has 0 radical (unpaired) electrons. The Hall–Kier alpha value is -1.40. The maximum atomic E-state index is 12.2. The number of amides is 1. The molecule has 0 aromatic heterocycles. The molecule has 1 aliphatic rings. The third-order valence-corrected chi connectivity index (χ3v) is 5.72. The largest absolute Gasteiger partial charge is 0.326 e. The van der Waals surface area contributed by atoms with Gasteiger partial charge in [-0.2, -0.15) is 4.31 Å². The number of sulfonamides is 1. The number of nitrogens with one attached hydrogen (secondary N) is 1. The highest BCUT2D eigenvalue weighted by Gasteiger charge is 2.29. The lowest BCUT2D eigenvalue weighted by atomic mass is 10.1. The molecule has 5 nitrogen and oxygen atoms in total. The van der Waals surface area contributed by atoms with Crippen molar-refractivity contribution in [3.63, 3.8) is 0 Å². The zero-order valence-electron chi connectivity index (χ0n) is 14.1. The van der Waals surface area contributed by atoms with E-state index in [1.165, 1.54) is 10.6 Å². The van der Waals surface area contributed by atoms with Gasteiger partial charge < -0.3 is 5.32 Å². The second-order valence-electron chi connectivity index (χ2n) is 6.43. The van der Waals surface area contributed by atoms with Crippen molar-refractivity contribution >= 4 is 21.6 Å². The minimum atomic E-state index is -3.28. The summed E-state index contributed by atoms with van der Waals surface area (Å²) in [5, 5.41) is 2.89. The standard InChI is InChI=1S/C17H26N2O3S/c1-13-8-9-14(2)16(12-13)18-17(20)10-11-19(23(3,21)22)15-6-4-5-7-15/h8-9,12,15H,4-7,10-11H2,1-3H3,(H,18,20). The summed E-state index contributed by atoms with van der Waals surface area (Å²) >= 11 is 0. The van der Waals surface area contributed by atoms with E-state index in [0.29, 0.717) is 0 Å². The minimum absolute atomic E-state index is 0.0542. The molecule has 23 heavy (non-hydrogen) atoms. The van der Waals surface area contributed by atoms with E-state index >= 15 is 0 Å². The van der Waals surface area contributed by atoms with Gasteiger partial charge in [-0.1, -0.05) is 25.0 Å². The quantitative estimate of drug-likeness (QED) is 0.867. The Balaban J connectivity index is 1.97. The van der Waals surface area contributed by atoms with Gasteiger partial charge in [0.1, 0.15) is 0 Å². The lowest BCUT2D eigenvalue weighted by Gasteiger charge is -2.26. The van der Waals surface area contributed by atoms with Crippen LogP contribution in [0.5, 0.6) is 0 Å². The molecule has 1 aromatic carbocycles. The predicted octanol–water partition coefficient (Wildman–Crippen LogP) is 2.84. The smallest absolute Gasteiger partial charge is 0.225 e. The molecule has 0 heterocycles. The second-order valence-corrected chi connectivity index (χ2v) is 8.36. The van der Waals surface area contributed by atoms with Crippen LogP contribution < -0.4 is 5.32 Å². The first-order chi connectivity index (χ1) is 10.8. The average molecular weight is 338 g/mol. The van der Waals surface area contributed by atoms with E-state index < -0.39 is 10.0 Å². The van der Waals surface area contributed by atoms with Crippen LogP contribution in [-0.4, -0.2) is 37.5 Å². The third-order valence-electron chi connectivity index (χ3n) is 4.38. The Labute approximate surface area is 139 Å². The molecule has 1 amide bonds. The fraction of sp³-hybridized carbons (Fsp3) is 0.588. The maximum Gasteiger partial charge on any atom is 0.225 e. The van der Waals surface area contributed by atoms with Crippen molar-refractivity contribution in [2.45, 2.75) is 52.0 Å². The third kappa shape index (κ3) is 5.04. The van der Waals surface area contributed by atoms with Gasteiger partial charge in [0.2, 0.25) is 15.9 Å². The maximum absolute atomic E-state index is 12.2. The van der Waals surface area contributed by atoms with Crippen LogP contribution in [0.15, 0.2) is 18.2 Å².